The molecule has 0 N–H and O–H groups in total. The second-order valence-electron chi connectivity index (χ2n) is 11.4. The Kier molecular flexibility index (Phi) is 6.21. The second-order valence-corrected chi connectivity index (χ2v) is 16.2. The average Bonchev–Trinajstić information content (AvgIpc) is 3.53. The van der Waals surface area contributed by atoms with Crippen molar-refractivity contribution in [2.75, 3.05) is 6.61 Å². The second kappa shape index (κ2) is 9.06. The molecule has 8 heteroatoms. The lowest BCUT2D eigenvalue weighted by molar-refractivity contribution is 0.276. The van der Waals surface area contributed by atoms with Gasteiger partial charge in [0.15, 0.2) is 8.32 Å². The first-order chi connectivity index (χ1) is 16.7. The van der Waals surface area contributed by atoms with E-state index in [4.69, 9.17) is 4.43 Å². The van der Waals surface area contributed by atoms with Crippen LogP contribution in [0.3, 0.4) is 0 Å². The summed E-state index contributed by atoms with van der Waals surface area (Å²) in [6.45, 7) is 13.7. The highest BCUT2D eigenvalue weighted by Crippen LogP contribution is 2.37. The van der Waals surface area contributed by atoms with Crippen LogP contribution in [0.5, 0.6) is 0 Å². The van der Waals surface area contributed by atoms with Crippen molar-refractivity contribution in [3.63, 3.8) is 0 Å². The molecule has 0 spiro atoms. The number of pyridine rings is 2. The summed E-state index contributed by atoms with van der Waals surface area (Å²) >= 11 is 0. The number of imidazole rings is 1. The lowest BCUT2D eigenvalue weighted by Gasteiger charge is -2.36. The molecule has 0 saturated heterocycles. The number of nitrogens with zero attached hydrogens (tertiary/aromatic N) is 5. The van der Waals surface area contributed by atoms with Crippen LogP contribution >= 0.6 is 0 Å². The van der Waals surface area contributed by atoms with E-state index in [9.17, 15) is 4.79 Å². The third-order valence-corrected chi connectivity index (χ3v) is 12.4. The van der Waals surface area contributed by atoms with Gasteiger partial charge in [-0.1, -0.05) is 20.8 Å². The van der Waals surface area contributed by atoms with E-state index in [1.54, 1.807) is 6.20 Å². The number of aromatic nitrogens is 5. The molecule has 0 aromatic carbocycles. The zero-order valence-electron chi connectivity index (χ0n) is 21.6. The predicted molar refractivity (Wildman–Crippen MR) is 143 cm³/mol. The number of unbranched alkanes of at least 4 members (excludes halogenated alkanes) is 1. The summed E-state index contributed by atoms with van der Waals surface area (Å²) in [6, 6.07) is 6.54. The molecule has 186 valence electrons. The third-order valence-electron chi connectivity index (χ3n) is 7.83. The van der Waals surface area contributed by atoms with Crippen LogP contribution < -0.4 is 5.69 Å². The Labute approximate surface area is 207 Å². The number of aryl methyl sites for hydroxylation is 1. The first-order valence-corrected chi connectivity index (χ1v) is 15.7. The summed E-state index contributed by atoms with van der Waals surface area (Å²) in [4.78, 5) is 22.1. The van der Waals surface area contributed by atoms with E-state index in [-0.39, 0.29) is 10.7 Å². The highest BCUT2D eigenvalue weighted by atomic mass is 28.4. The molecule has 5 rings (SSSR count). The molecule has 0 amide bonds. The van der Waals surface area contributed by atoms with Gasteiger partial charge in [-0.25, -0.2) is 4.79 Å². The molecule has 1 aliphatic rings. The normalized spacial score (nSPS) is 14.9. The molecule has 0 bridgehead atoms. The minimum atomic E-state index is -1.72. The van der Waals surface area contributed by atoms with Gasteiger partial charge in [0.05, 0.1) is 29.3 Å². The average molecular weight is 492 g/mol. The van der Waals surface area contributed by atoms with Crippen molar-refractivity contribution in [2.45, 2.75) is 83.7 Å². The quantitative estimate of drug-likeness (QED) is 0.221. The SMILES string of the molecule is CC(C)(C)[Si](C)(C)OCCCCn1c(Cn2c(=O)n(C3CC3)c3ccncc32)cc2cnccc21. The van der Waals surface area contributed by atoms with Crippen molar-refractivity contribution in [3.8, 4) is 0 Å². The molecule has 0 atom stereocenters. The third kappa shape index (κ3) is 4.61. The molecule has 7 nitrogen and oxygen atoms in total. The molecule has 1 saturated carbocycles. The standard InChI is InChI=1S/C27H37N5O2Si/c1-27(2,3)35(4,5)34-15-7-6-14-30-22(16-20-17-28-12-10-23(20)30)19-31-25-18-29-13-11-24(25)32(26(31)33)21-8-9-21/h10-13,16-18,21H,6-9,14-15,19H2,1-5H3. The predicted octanol–water partition coefficient (Wildman–Crippen LogP) is 5.73. The van der Waals surface area contributed by atoms with Crippen LogP contribution in [-0.4, -0.2) is 38.6 Å². The fourth-order valence-electron chi connectivity index (χ4n) is 4.61. The molecule has 35 heavy (non-hydrogen) atoms. The summed E-state index contributed by atoms with van der Waals surface area (Å²) < 4.78 is 12.6. The molecule has 4 aromatic rings. The number of rotatable bonds is 9. The van der Waals surface area contributed by atoms with Gasteiger partial charge in [-0.2, -0.15) is 0 Å². The van der Waals surface area contributed by atoms with Crippen molar-refractivity contribution in [1.29, 1.82) is 0 Å². The van der Waals surface area contributed by atoms with E-state index in [1.165, 1.54) is 0 Å². The minimum absolute atomic E-state index is 0.0631. The molecule has 1 fully saturated rings. The maximum absolute atomic E-state index is 13.4. The summed E-state index contributed by atoms with van der Waals surface area (Å²) in [7, 11) is -1.72. The van der Waals surface area contributed by atoms with Crippen molar-refractivity contribution >= 4 is 30.3 Å². The summed E-state index contributed by atoms with van der Waals surface area (Å²) in [5.74, 6) is 0. The zero-order chi connectivity index (χ0) is 24.8. The van der Waals surface area contributed by atoms with Crippen LogP contribution in [0.1, 0.15) is 58.2 Å². The van der Waals surface area contributed by atoms with E-state index < -0.39 is 8.32 Å². The Morgan fingerprint density at radius 3 is 2.43 bits per heavy atom. The lowest BCUT2D eigenvalue weighted by atomic mass is 10.2. The van der Waals surface area contributed by atoms with Gasteiger partial charge >= 0.3 is 5.69 Å². The Bertz CT molecular complexity index is 1400. The molecule has 4 aromatic heterocycles. The number of hydrogen-bond donors (Lipinski definition) is 0. The summed E-state index contributed by atoms with van der Waals surface area (Å²) in [6.07, 6.45) is 11.5. The Balaban J connectivity index is 1.39. The molecule has 0 radical (unpaired) electrons. The Hall–Kier alpha value is -2.71. The Morgan fingerprint density at radius 2 is 1.71 bits per heavy atom. The van der Waals surface area contributed by atoms with Crippen LogP contribution in [0.15, 0.2) is 47.8 Å². The van der Waals surface area contributed by atoms with E-state index in [1.807, 2.05) is 33.8 Å². The van der Waals surface area contributed by atoms with Gasteiger partial charge in [0.25, 0.3) is 0 Å². The van der Waals surface area contributed by atoms with Crippen LogP contribution in [0.2, 0.25) is 18.1 Å². The lowest BCUT2D eigenvalue weighted by Crippen LogP contribution is -2.40. The molecule has 1 aliphatic carbocycles. The molecular weight excluding hydrogens is 454 g/mol. The van der Waals surface area contributed by atoms with Crippen molar-refractivity contribution in [3.05, 3.63) is 59.2 Å². The highest BCUT2D eigenvalue weighted by Gasteiger charge is 2.36. The molecule has 0 aliphatic heterocycles. The van der Waals surface area contributed by atoms with E-state index in [2.05, 4.69) is 60.5 Å². The first-order valence-electron chi connectivity index (χ1n) is 12.8. The largest absolute Gasteiger partial charge is 0.417 e. The summed E-state index contributed by atoms with van der Waals surface area (Å²) in [5.41, 5.74) is 4.24. The minimum Gasteiger partial charge on any atom is -0.417 e. The van der Waals surface area contributed by atoms with E-state index in [0.717, 1.165) is 66.5 Å². The van der Waals surface area contributed by atoms with Crippen molar-refractivity contribution < 1.29 is 4.43 Å². The molecular formula is C27H37N5O2Si. The first kappa shape index (κ1) is 24.0. The molecule has 4 heterocycles. The van der Waals surface area contributed by atoms with Gasteiger partial charge in [-0.05, 0) is 62.0 Å². The van der Waals surface area contributed by atoms with Gasteiger partial charge in [-0.3, -0.25) is 19.1 Å². The van der Waals surface area contributed by atoms with Gasteiger partial charge in [-0.15, -0.1) is 0 Å². The van der Waals surface area contributed by atoms with Crippen LogP contribution in [-0.2, 0) is 17.5 Å². The van der Waals surface area contributed by atoms with Crippen LogP contribution in [0, 0.1) is 0 Å². The maximum atomic E-state index is 13.4. The van der Waals surface area contributed by atoms with Crippen molar-refractivity contribution in [1.82, 2.24) is 23.7 Å². The smallest absolute Gasteiger partial charge is 0.329 e. The monoisotopic (exact) mass is 491 g/mol. The number of fused-ring (bicyclic) bond motifs is 2. The van der Waals surface area contributed by atoms with Gasteiger partial charge < -0.3 is 8.99 Å². The fourth-order valence-corrected chi connectivity index (χ4v) is 5.69. The zero-order valence-corrected chi connectivity index (χ0v) is 22.6. The van der Waals surface area contributed by atoms with E-state index >= 15 is 0 Å². The van der Waals surface area contributed by atoms with Gasteiger partial charge in [0.1, 0.15) is 0 Å². The van der Waals surface area contributed by atoms with Gasteiger partial charge in [0, 0.05) is 48.9 Å². The number of hydrogen-bond acceptors (Lipinski definition) is 4. The van der Waals surface area contributed by atoms with Crippen LogP contribution in [0.4, 0.5) is 0 Å². The Morgan fingerprint density at radius 1 is 1.00 bits per heavy atom. The van der Waals surface area contributed by atoms with Gasteiger partial charge in [0.2, 0.25) is 0 Å². The molecule has 0 unspecified atom stereocenters. The summed E-state index contributed by atoms with van der Waals surface area (Å²) in [5, 5.41) is 1.34. The highest BCUT2D eigenvalue weighted by molar-refractivity contribution is 6.74. The fraction of sp³-hybridized carbons (Fsp3) is 0.519. The maximum Gasteiger partial charge on any atom is 0.329 e. The topological polar surface area (TPSA) is 66.9 Å². The van der Waals surface area contributed by atoms with E-state index in [0.29, 0.717) is 12.6 Å². The van der Waals surface area contributed by atoms with Crippen molar-refractivity contribution in [2.24, 2.45) is 0 Å². The van der Waals surface area contributed by atoms with Crippen LogP contribution in [0.25, 0.3) is 21.9 Å².